The summed E-state index contributed by atoms with van der Waals surface area (Å²) in [6.45, 7) is 0. The monoisotopic (exact) mass is 458 g/mol. The van der Waals surface area contributed by atoms with Crippen molar-refractivity contribution < 1.29 is 9.15 Å². The fourth-order valence-electron chi connectivity index (χ4n) is 5.80. The molecule has 154 valence electrons. The molecular formula is C22H27BrN4O2. The first-order chi connectivity index (χ1) is 14.2. The Morgan fingerprint density at radius 2 is 1.86 bits per heavy atom. The molecule has 7 heteroatoms. The normalized spacial score (nSPS) is 32.4. The smallest absolute Gasteiger partial charge is 0.204 e. The van der Waals surface area contributed by atoms with Gasteiger partial charge in [0.1, 0.15) is 11.9 Å². The van der Waals surface area contributed by atoms with E-state index in [9.17, 15) is 0 Å². The second-order valence-electron chi connectivity index (χ2n) is 8.73. The van der Waals surface area contributed by atoms with Crippen molar-refractivity contribution in [3.63, 3.8) is 0 Å². The number of rotatable bonds is 4. The van der Waals surface area contributed by atoms with E-state index in [4.69, 9.17) is 14.4 Å². The van der Waals surface area contributed by atoms with Crippen molar-refractivity contribution in [1.82, 2.24) is 9.88 Å². The minimum atomic E-state index is 0.312. The molecule has 2 bridgehead atoms. The Morgan fingerprint density at radius 3 is 2.52 bits per heavy atom. The van der Waals surface area contributed by atoms with Gasteiger partial charge in [0.25, 0.3) is 0 Å². The van der Waals surface area contributed by atoms with Crippen molar-refractivity contribution in [2.24, 2.45) is 0 Å². The van der Waals surface area contributed by atoms with Crippen LogP contribution >= 0.6 is 15.9 Å². The van der Waals surface area contributed by atoms with Gasteiger partial charge in [-0.25, -0.2) is 4.98 Å². The third kappa shape index (κ3) is 3.56. The van der Waals surface area contributed by atoms with Crippen LogP contribution < -0.4 is 5.32 Å². The lowest BCUT2D eigenvalue weighted by molar-refractivity contribution is -0.0199. The second kappa shape index (κ2) is 7.90. The van der Waals surface area contributed by atoms with Gasteiger partial charge in [-0.05, 0) is 67.3 Å². The minimum absolute atomic E-state index is 0.312. The maximum atomic E-state index is 9.06. The van der Waals surface area contributed by atoms with E-state index in [0.717, 1.165) is 40.6 Å². The molecule has 2 unspecified atom stereocenters. The molecule has 0 aromatic carbocycles. The molecule has 0 spiro atoms. The van der Waals surface area contributed by atoms with Gasteiger partial charge >= 0.3 is 0 Å². The maximum absolute atomic E-state index is 9.06. The van der Waals surface area contributed by atoms with E-state index in [1.165, 1.54) is 38.5 Å². The number of nitrogens with one attached hydrogen (secondary N) is 1. The summed E-state index contributed by atoms with van der Waals surface area (Å²) in [7, 11) is 1.87. The number of halogens is 1. The molecule has 2 saturated heterocycles. The number of pyridine rings is 1. The number of piperidine rings is 1. The van der Waals surface area contributed by atoms with Crippen LogP contribution in [-0.4, -0.2) is 47.3 Å². The molecule has 6 nitrogen and oxygen atoms in total. The van der Waals surface area contributed by atoms with E-state index in [2.05, 4.69) is 37.2 Å². The summed E-state index contributed by atoms with van der Waals surface area (Å²) in [4.78, 5) is 7.37. The highest BCUT2D eigenvalue weighted by atomic mass is 79.9. The molecule has 0 radical (unpaired) electrons. The molecule has 29 heavy (non-hydrogen) atoms. The molecule has 2 aromatic rings. The average Bonchev–Trinajstić information content (AvgIpc) is 3.29. The molecule has 1 aliphatic carbocycles. The summed E-state index contributed by atoms with van der Waals surface area (Å²) in [5.74, 6) is 1.15. The van der Waals surface area contributed by atoms with Crippen molar-refractivity contribution >= 4 is 32.7 Å². The lowest BCUT2D eigenvalue weighted by Gasteiger charge is -2.45. The maximum Gasteiger partial charge on any atom is 0.204 e. The van der Waals surface area contributed by atoms with Gasteiger partial charge < -0.3 is 14.5 Å². The molecule has 2 aliphatic heterocycles. The lowest BCUT2D eigenvalue weighted by atomic mass is 9.87. The summed E-state index contributed by atoms with van der Waals surface area (Å²) in [6.07, 6.45) is 12.1. The summed E-state index contributed by atoms with van der Waals surface area (Å²) < 4.78 is 12.0. The third-order valence-electron chi connectivity index (χ3n) is 7.17. The zero-order valence-electron chi connectivity index (χ0n) is 16.7. The van der Waals surface area contributed by atoms with Crippen LogP contribution in [0.1, 0.15) is 57.1 Å². The van der Waals surface area contributed by atoms with E-state index in [1.54, 1.807) is 12.3 Å². The largest absolute Gasteiger partial charge is 0.444 e. The highest BCUT2D eigenvalue weighted by Crippen LogP contribution is 2.41. The number of hydrogen-bond acceptors (Lipinski definition) is 6. The molecule has 2 atom stereocenters. The molecule has 0 amide bonds. The van der Waals surface area contributed by atoms with Crippen molar-refractivity contribution in [1.29, 1.82) is 5.26 Å². The fraction of sp³-hybridized carbons (Fsp3) is 0.636. The number of fused-ring (bicyclic) bond motifs is 3. The zero-order valence-corrected chi connectivity index (χ0v) is 18.3. The highest BCUT2D eigenvalue weighted by Gasteiger charge is 2.44. The molecule has 3 fully saturated rings. The molecule has 1 saturated carbocycles. The Kier molecular flexibility index (Phi) is 5.27. The van der Waals surface area contributed by atoms with E-state index in [-0.39, 0.29) is 0 Å². The predicted molar refractivity (Wildman–Crippen MR) is 115 cm³/mol. The Balaban J connectivity index is 1.22. The van der Waals surface area contributed by atoms with Crippen LogP contribution in [0.4, 0.5) is 5.82 Å². The lowest BCUT2D eigenvalue weighted by Crippen LogP contribution is -2.52. The molecular weight excluding hydrogens is 432 g/mol. The fourth-order valence-corrected chi connectivity index (χ4v) is 6.33. The van der Waals surface area contributed by atoms with Crippen LogP contribution in [-0.2, 0) is 4.74 Å². The Labute approximate surface area is 179 Å². The topological polar surface area (TPSA) is 74.3 Å². The van der Waals surface area contributed by atoms with Crippen molar-refractivity contribution in [3.05, 3.63) is 22.5 Å². The van der Waals surface area contributed by atoms with Crippen LogP contribution in [0.3, 0.4) is 0 Å². The first-order valence-electron chi connectivity index (χ1n) is 10.7. The van der Waals surface area contributed by atoms with Crippen LogP contribution in [0.2, 0.25) is 0 Å². The summed E-state index contributed by atoms with van der Waals surface area (Å²) in [6, 6.07) is 6.42. The van der Waals surface area contributed by atoms with E-state index < -0.39 is 0 Å². The Morgan fingerprint density at radius 1 is 1.17 bits per heavy atom. The van der Waals surface area contributed by atoms with Gasteiger partial charge in [-0.2, -0.15) is 5.26 Å². The number of nitriles is 1. The average molecular weight is 459 g/mol. The second-order valence-corrected chi connectivity index (χ2v) is 9.53. The van der Waals surface area contributed by atoms with Gasteiger partial charge in [0, 0.05) is 42.7 Å². The molecule has 4 heterocycles. The standard InChI is InChI=1S/C22H27BrN4O2/c1-28-17-8-15-6-7-16(9-17)27(15)14-4-2-13(3-5-14)26-22-21(23)19-10-18(11-24)29-20(19)12-25-22/h10,12-17H,2-9H2,1H3,(H,25,26). The molecule has 2 aromatic heterocycles. The number of aromatic nitrogens is 1. The predicted octanol–water partition coefficient (Wildman–Crippen LogP) is 4.83. The van der Waals surface area contributed by atoms with Gasteiger partial charge in [-0.3, -0.25) is 4.90 Å². The van der Waals surface area contributed by atoms with Gasteiger partial charge in [0.05, 0.1) is 16.8 Å². The number of furan rings is 1. The van der Waals surface area contributed by atoms with Crippen molar-refractivity contribution in [2.75, 3.05) is 12.4 Å². The van der Waals surface area contributed by atoms with Gasteiger partial charge in [0.2, 0.25) is 5.76 Å². The first kappa shape index (κ1) is 19.3. The van der Waals surface area contributed by atoms with Gasteiger partial charge in [-0.15, -0.1) is 0 Å². The quantitative estimate of drug-likeness (QED) is 0.706. The summed E-state index contributed by atoms with van der Waals surface area (Å²) >= 11 is 3.65. The Hall–Kier alpha value is -1.62. The minimum Gasteiger partial charge on any atom is -0.444 e. The van der Waals surface area contributed by atoms with Crippen molar-refractivity contribution in [3.8, 4) is 6.07 Å². The van der Waals surface area contributed by atoms with Crippen LogP contribution in [0.25, 0.3) is 11.0 Å². The Bertz CT molecular complexity index is 917. The molecule has 5 rings (SSSR count). The summed E-state index contributed by atoms with van der Waals surface area (Å²) in [5, 5.41) is 13.6. The molecule has 3 aliphatic rings. The summed E-state index contributed by atoms with van der Waals surface area (Å²) in [5.41, 5.74) is 0.637. The van der Waals surface area contributed by atoms with Crippen LogP contribution in [0, 0.1) is 11.3 Å². The number of methoxy groups -OCH3 is 1. The zero-order chi connectivity index (χ0) is 20.0. The number of hydrogen-bond donors (Lipinski definition) is 1. The van der Waals surface area contributed by atoms with E-state index >= 15 is 0 Å². The number of ether oxygens (including phenoxy) is 1. The van der Waals surface area contributed by atoms with Crippen LogP contribution in [0.15, 0.2) is 21.2 Å². The van der Waals surface area contributed by atoms with E-state index in [0.29, 0.717) is 29.5 Å². The van der Waals surface area contributed by atoms with Gasteiger partial charge in [-0.1, -0.05) is 0 Å². The number of nitrogens with zero attached hydrogens (tertiary/aromatic N) is 3. The molecule has 1 N–H and O–H groups in total. The van der Waals surface area contributed by atoms with Gasteiger partial charge in [0.15, 0.2) is 5.58 Å². The van der Waals surface area contributed by atoms with E-state index in [1.807, 2.05) is 7.11 Å². The highest BCUT2D eigenvalue weighted by molar-refractivity contribution is 9.10. The first-order valence-corrected chi connectivity index (χ1v) is 11.5. The third-order valence-corrected chi connectivity index (χ3v) is 7.97. The van der Waals surface area contributed by atoms with Crippen molar-refractivity contribution in [2.45, 2.75) is 81.6 Å². The van der Waals surface area contributed by atoms with Crippen LogP contribution in [0.5, 0.6) is 0 Å². The number of anilines is 1. The SMILES string of the molecule is COC1CC2CCC(C1)N2C1CCC(Nc2ncc3oc(C#N)cc3c2Br)CC1.